The summed E-state index contributed by atoms with van der Waals surface area (Å²) in [5.74, 6) is -0.694. The number of amides is 3. The van der Waals surface area contributed by atoms with Crippen molar-refractivity contribution in [3.63, 3.8) is 0 Å². The average Bonchev–Trinajstić information content (AvgIpc) is 3.14. The molecule has 1 aliphatic carbocycles. The van der Waals surface area contributed by atoms with Crippen molar-refractivity contribution in [1.82, 2.24) is 10.2 Å². The van der Waals surface area contributed by atoms with Crippen molar-refractivity contribution >= 4 is 17.7 Å². The summed E-state index contributed by atoms with van der Waals surface area (Å²) < 4.78 is 5.10. The van der Waals surface area contributed by atoms with E-state index in [0.29, 0.717) is 26.1 Å². The Bertz CT molecular complexity index is 1020. The normalized spacial score (nSPS) is 21.8. The van der Waals surface area contributed by atoms with Gasteiger partial charge >= 0.3 is 0 Å². The maximum absolute atomic E-state index is 13.6. The third-order valence-electron chi connectivity index (χ3n) is 7.75. The molecule has 2 fully saturated rings. The molecule has 186 valence electrons. The van der Waals surface area contributed by atoms with Crippen LogP contribution < -0.4 is 5.32 Å². The molecular weight excluding hydrogens is 440 g/mol. The molecule has 0 spiro atoms. The highest BCUT2D eigenvalue weighted by Crippen LogP contribution is 2.41. The van der Waals surface area contributed by atoms with Crippen LogP contribution in [0.25, 0.3) is 0 Å². The summed E-state index contributed by atoms with van der Waals surface area (Å²) in [4.78, 5) is 41.3. The summed E-state index contributed by atoms with van der Waals surface area (Å²) in [5, 5.41) is 3.17. The number of carbonyl (C=O) groups excluding carboxylic acids is 3. The van der Waals surface area contributed by atoms with E-state index in [9.17, 15) is 14.4 Å². The quantitative estimate of drug-likeness (QED) is 0.413. The fourth-order valence-corrected chi connectivity index (χ4v) is 5.81. The highest BCUT2D eigenvalue weighted by molar-refractivity contribution is 6.10. The van der Waals surface area contributed by atoms with Crippen LogP contribution in [-0.4, -0.2) is 49.4 Å². The van der Waals surface area contributed by atoms with E-state index in [2.05, 4.69) is 29.6 Å². The zero-order valence-corrected chi connectivity index (χ0v) is 20.6. The largest absolute Gasteiger partial charge is 0.385 e. The van der Waals surface area contributed by atoms with Crippen LogP contribution in [0, 0.1) is 0 Å². The second-order valence-electron chi connectivity index (χ2n) is 9.98. The number of nitrogens with zero attached hydrogens (tertiary/aromatic N) is 1. The molecule has 1 saturated carbocycles. The van der Waals surface area contributed by atoms with Crippen molar-refractivity contribution in [2.45, 2.75) is 62.2 Å². The van der Waals surface area contributed by atoms with Crippen LogP contribution in [0.3, 0.4) is 0 Å². The van der Waals surface area contributed by atoms with Gasteiger partial charge in [-0.25, -0.2) is 0 Å². The van der Waals surface area contributed by atoms with Crippen LogP contribution >= 0.6 is 0 Å². The number of likely N-dealkylation sites (tertiary alicyclic amines) is 1. The lowest BCUT2D eigenvalue weighted by Crippen LogP contribution is -2.46. The summed E-state index contributed by atoms with van der Waals surface area (Å²) in [6, 6.07) is 19.7. The number of carbonyl (C=O) groups is 3. The van der Waals surface area contributed by atoms with Gasteiger partial charge in [-0.05, 0) is 30.4 Å². The van der Waals surface area contributed by atoms with Gasteiger partial charge in [-0.1, -0.05) is 79.9 Å². The van der Waals surface area contributed by atoms with Crippen molar-refractivity contribution in [2.24, 2.45) is 0 Å². The van der Waals surface area contributed by atoms with Gasteiger partial charge in [-0.15, -0.1) is 0 Å². The third kappa shape index (κ3) is 5.32. The molecule has 1 heterocycles. The molecule has 1 atom stereocenters. The molecule has 0 bridgehead atoms. The van der Waals surface area contributed by atoms with Crippen LogP contribution in [0.15, 0.2) is 60.7 Å². The highest BCUT2D eigenvalue weighted by Gasteiger charge is 2.53. The Morgan fingerprint density at radius 2 is 1.57 bits per heavy atom. The van der Waals surface area contributed by atoms with E-state index < -0.39 is 5.41 Å². The maximum Gasteiger partial charge on any atom is 0.240 e. The molecule has 1 saturated heterocycles. The Labute approximate surface area is 208 Å². The van der Waals surface area contributed by atoms with E-state index in [-0.39, 0.29) is 36.0 Å². The Balaban J connectivity index is 1.53. The third-order valence-corrected chi connectivity index (χ3v) is 7.75. The number of ether oxygens (including phenoxy) is 1. The summed E-state index contributed by atoms with van der Waals surface area (Å²) >= 11 is 0. The maximum atomic E-state index is 13.6. The molecule has 6 nitrogen and oxygen atoms in total. The van der Waals surface area contributed by atoms with Crippen LogP contribution in [-0.2, 0) is 30.0 Å². The van der Waals surface area contributed by atoms with Crippen LogP contribution in [0.4, 0.5) is 0 Å². The van der Waals surface area contributed by atoms with Crippen molar-refractivity contribution in [2.75, 3.05) is 26.8 Å². The van der Waals surface area contributed by atoms with Crippen molar-refractivity contribution < 1.29 is 19.1 Å². The summed E-state index contributed by atoms with van der Waals surface area (Å²) in [6.45, 7) is 1.32. The fourth-order valence-electron chi connectivity index (χ4n) is 5.81. The molecule has 4 rings (SSSR count). The number of hydrogen-bond donors (Lipinski definition) is 1. The van der Waals surface area contributed by atoms with Gasteiger partial charge in [-0.2, -0.15) is 0 Å². The van der Waals surface area contributed by atoms with Gasteiger partial charge in [0.05, 0.1) is 5.41 Å². The Morgan fingerprint density at radius 1 is 0.943 bits per heavy atom. The van der Waals surface area contributed by atoms with Gasteiger partial charge in [0.2, 0.25) is 17.7 Å². The first-order chi connectivity index (χ1) is 17.0. The molecule has 2 aromatic rings. The number of imide groups is 1. The number of rotatable bonds is 10. The zero-order valence-electron chi connectivity index (χ0n) is 20.6. The van der Waals surface area contributed by atoms with Gasteiger partial charge in [0.1, 0.15) is 0 Å². The summed E-state index contributed by atoms with van der Waals surface area (Å²) in [5.41, 5.74) is 0.728. The van der Waals surface area contributed by atoms with E-state index in [0.717, 1.165) is 31.2 Å². The lowest BCUT2D eigenvalue weighted by molar-refractivity contribution is -0.141. The molecule has 2 aliphatic rings. The molecule has 1 aliphatic heterocycles. The van der Waals surface area contributed by atoms with Gasteiger partial charge < -0.3 is 10.1 Å². The predicted octanol–water partition coefficient (Wildman–Crippen LogP) is 4.13. The molecule has 6 heteroatoms. The summed E-state index contributed by atoms with van der Waals surface area (Å²) in [6.07, 6.45) is 6.12. The van der Waals surface area contributed by atoms with E-state index >= 15 is 0 Å². The molecule has 35 heavy (non-hydrogen) atoms. The highest BCUT2D eigenvalue weighted by atomic mass is 16.5. The molecule has 1 N–H and O–H groups in total. The molecule has 2 aromatic carbocycles. The minimum Gasteiger partial charge on any atom is -0.385 e. The molecular formula is C29H36N2O4. The molecule has 3 amide bonds. The van der Waals surface area contributed by atoms with E-state index in [1.165, 1.54) is 16.9 Å². The number of methoxy groups -OCH3 is 1. The lowest BCUT2D eigenvalue weighted by Gasteiger charge is -2.38. The predicted molar refractivity (Wildman–Crippen MR) is 135 cm³/mol. The molecule has 0 radical (unpaired) electrons. The Morgan fingerprint density at radius 3 is 2.20 bits per heavy atom. The fraction of sp³-hybridized carbons (Fsp3) is 0.483. The second kappa shape index (κ2) is 11.2. The van der Waals surface area contributed by atoms with Crippen molar-refractivity contribution in [1.29, 1.82) is 0 Å². The first-order valence-electron chi connectivity index (χ1n) is 12.7. The lowest BCUT2D eigenvalue weighted by atomic mass is 9.69. The van der Waals surface area contributed by atoms with Crippen molar-refractivity contribution in [3.05, 3.63) is 71.8 Å². The first-order valence-corrected chi connectivity index (χ1v) is 12.7. The van der Waals surface area contributed by atoms with Gasteiger partial charge in [0.15, 0.2) is 0 Å². The smallest absolute Gasteiger partial charge is 0.240 e. The Kier molecular flexibility index (Phi) is 8.01. The van der Waals surface area contributed by atoms with Gasteiger partial charge in [-0.3, -0.25) is 19.3 Å². The van der Waals surface area contributed by atoms with Gasteiger partial charge in [0, 0.05) is 45.1 Å². The standard InChI is InChI=1S/C29H36N2O4/c1-35-19-11-18-31-26(33)21-29(27(31)34,24-14-7-3-8-15-24)20-25(32)30-22-28(16-9-4-10-17-28)23-12-5-2-6-13-23/h2-3,5-8,12-15H,4,9-11,16-22H2,1H3,(H,30,32)/t29-/m1/s1. The monoisotopic (exact) mass is 476 g/mol. The van der Waals surface area contributed by atoms with E-state index in [1.807, 2.05) is 36.4 Å². The van der Waals surface area contributed by atoms with Crippen LogP contribution in [0.2, 0.25) is 0 Å². The minimum absolute atomic E-state index is 0.0140. The average molecular weight is 477 g/mol. The number of benzene rings is 2. The SMILES string of the molecule is COCCCN1C(=O)C[C@](CC(=O)NCC2(c3ccccc3)CCCCC2)(c2ccccc2)C1=O. The minimum atomic E-state index is -1.16. The molecule has 0 unspecified atom stereocenters. The number of nitrogens with one attached hydrogen (secondary N) is 1. The first kappa shape index (κ1) is 25.1. The van der Waals surface area contributed by atoms with Crippen LogP contribution in [0.1, 0.15) is 62.5 Å². The van der Waals surface area contributed by atoms with E-state index in [4.69, 9.17) is 4.74 Å². The molecule has 0 aromatic heterocycles. The van der Waals surface area contributed by atoms with E-state index in [1.54, 1.807) is 7.11 Å². The summed E-state index contributed by atoms with van der Waals surface area (Å²) in [7, 11) is 1.60. The van der Waals surface area contributed by atoms with Crippen LogP contribution in [0.5, 0.6) is 0 Å². The zero-order chi connectivity index (χ0) is 24.7. The topological polar surface area (TPSA) is 75.7 Å². The van der Waals surface area contributed by atoms with Crippen molar-refractivity contribution in [3.8, 4) is 0 Å². The number of hydrogen-bond acceptors (Lipinski definition) is 4. The van der Waals surface area contributed by atoms with Gasteiger partial charge in [0.25, 0.3) is 0 Å². The Hall–Kier alpha value is -2.99. The second-order valence-corrected chi connectivity index (χ2v) is 9.98.